The summed E-state index contributed by atoms with van der Waals surface area (Å²) >= 11 is 0.794. The van der Waals surface area contributed by atoms with Crippen LogP contribution in [0.5, 0.6) is 11.5 Å². The van der Waals surface area contributed by atoms with Crippen LogP contribution in [0.1, 0.15) is 25.7 Å². The van der Waals surface area contributed by atoms with Gasteiger partial charge in [-0.2, -0.15) is 0 Å². The van der Waals surface area contributed by atoms with E-state index in [1.165, 1.54) is 39.3 Å². The molecule has 0 bridgehead atoms. The molecular formula is C20H16F2N2O5S. The molecule has 156 valence electrons. The van der Waals surface area contributed by atoms with E-state index in [-0.39, 0.29) is 43.9 Å². The number of benzene rings is 2. The Labute approximate surface area is 173 Å². The van der Waals surface area contributed by atoms with Gasteiger partial charge in [0.05, 0.1) is 36.7 Å². The van der Waals surface area contributed by atoms with Crippen molar-refractivity contribution < 1.29 is 33.0 Å². The molecule has 0 aliphatic heterocycles. The van der Waals surface area contributed by atoms with Gasteiger partial charge in [-0.15, -0.1) is 11.3 Å². The lowest BCUT2D eigenvalue weighted by atomic mass is 10.1. The van der Waals surface area contributed by atoms with Gasteiger partial charge in [-0.1, -0.05) is 6.07 Å². The van der Waals surface area contributed by atoms with Crippen molar-refractivity contribution in [2.45, 2.75) is 6.92 Å². The van der Waals surface area contributed by atoms with Gasteiger partial charge >= 0.3 is 5.97 Å². The zero-order chi connectivity index (χ0) is 22.0. The topological polar surface area (TPSA) is 97.8 Å². The minimum Gasteiger partial charge on any atom is -0.493 e. The normalized spacial score (nSPS) is 10.6. The van der Waals surface area contributed by atoms with Gasteiger partial charge in [-0.3, -0.25) is 4.79 Å². The Balaban J connectivity index is 2.00. The van der Waals surface area contributed by atoms with E-state index < -0.39 is 23.5 Å². The minimum absolute atomic E-state index is 0.000908. The van der Waals surface area contributed by atoms with Gasteiger partial charge in [0, 0.05) is 12.1 Å². The molecule has 10 heteroatoms. The first-order valence-electron chi connectivity index (χ1n) is 8.49. The van der Waals surface area contributed by atoms with Crippen LogP contribution in [0.4, 0.5) is 14.5 Å². The zero-order valence-electron chi connectivity index (χ0n) is 16.1. The Morgan fingerprint density at radius 1 is 1.10 bits per heavy atom. The highest BCUT2D eigenvalue weighted by atomic mass is 32.1. The Bertz CT molecular complexity index is 1130. The molecule has 1 amide bonds. The number of carboxylic acids is 1. The molecule has 30 heavy (non-hydrogen) atoms. The van der Waals surface area contributed by atoms with Crippen LogP contribution in [0, 0.1) is 18.6 Å². The van der Waals surface area contributed by atoms with Crippen LogP contribution < -0.4 is 14.8 Å². The molecule has 0 radical (unpaired) electrons. The number of aromatic nitrogens is 1. The first kappa shape index (κ1) is 21.2. The molecule has 3 aromatic rings. The quantitative estimate of drug-likeness (QED) is 0.598. The number of thiazole rings is 1. The predicted molar refractivity (Wildman–Crippen MR) is 107 cm³/mol. The van der Waals surface area contributed by atoms with E-state index in [9.17, 15) is 23.5 Å². The van der Waals surface area contributed by atoms with E-state index in [2.05, 4.69) is 10.3 Å². The number of carbonyl (C=O) groups is 2. The fourth-order valence-electron chi connectivity index (χ4n) is 2.75. The Morgan fingerprint density at radius 3 is 2.27 bits per heavy atom. The van der Waals surface area contributed by atoms with Crippen LogP contribution in [0.3, 0.4) is 0 Å². The highest BCUT2D eigenvalue weighted by molar-refractivity contribution is 7.17. The van der Waals surface area contributed by atoms with Crippen LogP contribution >= 0.6 is 11.3 Å². The maximum Gasteiger partial charge on any atom is 0.337 e. The van der Waals surface area contributed by atoms with Gasteiger partial charge in [0.2, 0.25) is 0 Å². The average molecular weight is 434 g/mol. The van der Waals surface area contributed by atoms with Crippen LogP contribution in [0.15, 0.2) is 30.3 Å². The summed E-state index contributed by atoms with van der Waals surface area (Å²) < 4.78 is 38.3. The monoisotopic (exact) mass is 434 g/mol. The van der Waals surface area contributed by atoms with E-state index in [0.29, 0.717) is 0 Å². The van der Waals surface area contributed by atoms with E-state index in [1.807, 2.05) is 0 Å². The zero-order valence-corrected chi connectivity index (χ0v) is 16.9. The van der Waals surface area contributed by atoms with Crippen molar-refractivity contribution in [1.29, 1.82) is 0 Å². The summed E-state index contributed by atoms with van der Waals surface area (Å²) in [7, 11) is 2.72. The number of anilines is 1. The number of methoxy groups -OCH3 is 2. The summed E-state index contributed by atoms with van der Waals surface area (Å²) in [4.78, 5) is 28.6. The molecule has 2 N–H and O–H groups in total. The van der Waals surface area contributed by atoms with Crippen LogP contribution in [0.25, 0.3) is 10.6 Å². The molecule has 7 nitrogen and oxygen atoms in total. The fourth-order valence-corrected chi connectivity index (χ4v) is 3.76. The number of rotatable bonds is 6. The third kappa shape index (κ3) is 3.94. The summed E-state index contributed by atoms with van der Waals surface area (Å²) in [5.41, 5.74) is -0.338. The third-order valence-corrected chi connectivity index (χ3v) is 5.36. The van der Waals surface area contributed by atoms with Crippen molar-refractivity contribution in [1.82, 2.24) is 4.98 Å². The Hall–Kier alpha value is -3.53. The summed E-state index contributed by atoms with van der Waals surface area (Å²) in [5, 5.41) is 12.0. The second-order valence-corrected chi connectivity index (χ2v) is 7.04. The van der Waals surface area contributed by atoms with Crippen molar-refractivity contribution in [3.63, 3.8) is 0 Å². The number of nitrogens with zero attached hydrogens (tertiary/aromatic N) is 1. The van der Waals surface area contributed by atoms with E-state index >= 15 is 0 Å². The molecule has 0 spiro atoms. The van der Waals surface area contributed by atoms with Gasteiger partial charge in [0.1, 0.15) is 21.5 Å². The SMILES string of the molecule is COc1cc(NC(=O)c2sc(-c3c(F)cccc3F)nc2C)c(C(=O)O)cc1OC. The predicted octanol–water partition coefficient (Wildman–Crippen LogP) is 4.36. The van der Waals surface area contributed by atoms with Crippen molar-refractivity contribution in [2.24, 2.45) is 0 Å². The summed E-state index contributed by atoms with van der Waals surface area (Å²) in [5.74, 6) is -3.18. The molecule has 0 atom stereocenters. The third-order valence-electron chi connectivity index (χ3n) is 4.18. The molecule has 3 rings (SSSR count). The molecule has 0 aliphatic carbocycles. The number of halogens is 2. The van der Waals surface area contributed by atoms with Gasteiger partial charge in [-0.05, 0) is 19.1 Å². The largest absolute Gasteiger partial charge is 0.493 e. The summed E-state index contributed by atoms with van der Waals surface area (Å²) in [6.45, 7) is 1.51. The molecule has 0 aliphatic rings. The maximum absolute atomic E-state index is 14.1. The lowest BCUT2D eigenvalue weighted by Crippen LogP contribution is -2.15. The van der Waals surface area contributed by atoms with Gasteiger partial charge < -0.3 is 19.9 Å². The minimum atomic E-state index is -1.29. The van der Waals surface area contributed by atoms with Crippen molar-refractivity contribution in [3.05, 3.63) is 58.1 Å². The van der Waals surface area contributed by atoms with Gasteiger partial charge in [0.25, 0.3) is 5.91 Å². The van der Waals surface area contributed by atoms with Crippen molar-refractivity contribution >= 4 is 28.9 Å². The smallest absolute Gasteiger partial charge is 0.337 e. The average Bonchev–Trinajstić information content (AvgIpc) is 3.08. The number of hydrogen-bond donors (Lipinski definition) is 2. The highest BCUT2D eigenvalue weighted by Gasteiger charge is 2.23. The Morgan fingerprint density at radius 2 is 1.70 bits per heavy atom. The number of amides is 1. The number of aryl methyl sites for hydroxylation is 1. The van der Waals surface area contributed by atoms with E-state index in [4.69, 9.17) is 9.47 Å². The molecule has 2 aromatic carbocycles. The molecule has 0 saturated heterocycles. The molecule has 0 fully saturated rings. The van der Waals surface area contributed by atoms with Crippen LogP contribution in [0.2, 0.25) is 0 Å². The van der Waals surface area contributed by atoms with Crippen LogP contribution in [-0.4, -0.2) is 36.2 Å². The molecule has 0 unspecified atom stereocenters. The lowest BCUT2D eigenvalue weighted by Gasteiger charge is -2.13. The Kier molecular flexibility index (Phi) is 5.97. The number of hydrogen-bond acceptors (Lipinski definition) is 6. The van der Waals surface area contributed by atoms with Crippen molar-refractivity contribution in [3.8, 4) is 22.1 Å². The van der Waals surface area contributed by atoms with E-state index in [1.54, 1.807) is 0 Å². The second kappa shape index (κ2) is 8.46. The standard InChI is InChI=1S/C20H16F2N2O5S/c1-9-17(30-19(23-9)16-11(21)5-4-6-12(16)22)18(25)24-13-8-15(29-3)14(28-2)7-10(13)20(26)27/h4-8H,1-3H3,(H,24,25)(H,26,27). The highest BCUT2D eigenvalue weighted by Crippen LogP contribution is 2.35. The molecule has 1 aromatic heterocycles. The lowest BCUT2D eigenvalue weighted by molar-refractivity contribution is 0.0697. The molecule has 0 saturated carbocycles. The summed E-state index contributed by atoms with van der Waals surface area (Å²) in [6, 6.07) is 5.95. The van der Waals surface area contributed by atoms with E-state index in [0.717, 1.165) is 23.5 Å². The van der Waals surface area contributed by atoms with Crippen molar-refractivity contribution in [2.75, 3.05) is 19.5 Å². The summed E-state index contributed by atoms with van der Waals surface area (Å²) in [6.07, 6.45) is 0. The van der Waals surface area contributed by atoms with Gasteiger partial charge in [0.15, 0.2) is 11.5 Å². The second-order valence-electron chi connectivity index (χ2n) is 6.04. The van der Waals surface area contributed by atoms with Gasteiger partial charge in [-0.25, -0.2) is 18.6 Å². The first-order valence-corrected chi connectivity index (χ1v) is 9.31. The first-order chi connectivity index (χ1) is 14.3. The molecular weight excluding hydrogens is 418 g/mol. The van der Waals surface area contributed by atoms with Crippen LogP contribution in [-0.2, 0) is 0 Å². The number of ether oxygens (including phenoxy) is 2. The molecule has 1 heterocycles. The number of carbonyl (C=O) groups excluding carboxylic acids is 1. The number of nitrogens with one attached hydrogen (secondary N) is 1. The number of aromatic carboxylic acids is 1. The number of carboxylic acid groups (broad SMARTS) is 1. The maximum atomic E-state index is 14.1. The fraction of sp³-hybridized carbons (Fsp3) is 0.150.